The molecule has 0 saturated heterocycles. The van der Waals surface area contributed by atoms with Gasteiger partial charge in [-0.05, 0) is 36.2 Å². The molecule has 0 aromatic heterocycles. The Morgan fingerprint density at radius 2 is 1.95 bits per heavy atom. The van der Waals surface area contributed by atoms with Crippen LogP contribution in [-0.2, 0) is 6.42 Å². The van der Waals surface area contributed by atoms with Crippen LogP contribution in [0.25, 0.3) is 0 Å². The highest BCUT2D eigenvalue weighted by Gasteiger charge is 2.16. The summed E-state index contributed by atoms with van der Waals surface area (Å²) in [5.41, 5.74) is 3.58. The van der Waals surface area contributed by atoms with Gasteiger partial charge in [-0.3, -0.25) is 11.3 Å². The smallest absolute Gasteiger partial charge is 0.165 e. The Hall–Kier alpha value is -1.69. The maximum atomic E-state index is 13.9. The van der Waals surface area contributed by atoms with Crippen molar-refractivity contribution in [3.63, 3.8) is 0 Å². The predicted octanol–water partition coefficient (Wildman–Crippen LogP) is 3.37. The van der Waals surface area contributed by atoms with Crippen LogP contribution in [0.2, 0.25) is 5.02 Å². The zero-order valence-electron chi connectivity index (χ0n) is 11.4. The van der Waals surface area contributed by atoms with Gasteiger partial charge in [-0.25, -0.2) is 8.78 Å². The summed E-state index contributed by atoms with van der Waals surface area (Å²) in [6, 6.07) is 8.44. The Kier molecular flexibility index (Phi) is 5.12. The van der Waals surface area contributed by atoms with Crippen molar-refractivity contribution in [3.05, 3.63) is 64.2 Å². The minimum atomic E-state index is -0.491. The number of nitrogens with two attached hydrogens (primary N) is 1. The molecule has 0 heterocycles. The molecule has 0 aliphatic heterocycles. The van der Waals surface area contributed by atoms with E-state index in [9.17, 15) is 8.78 Å². The molecule has 3 N–H and O–H groups in total. The molecule has 3 nitrogen and oxygen atoms in total. The summed E-state index contributed by atoms with van der Waals surface area (Å²) in [7, 11) is 1.39. The Labute approximate surface area is 126 Å². The van der Waals surface area contributed by atoms with Gasteiger partial charge in [0.2, 0.25) is 0 Å². The summed E-state index contributed by atoms with van der Waals surface area (Å²) >= 11 is 5.72. The predicted molar refractivity (Wildman–Crippen MR) is 78.1 cm³/mol. The van der Waals surface area contributed by atoms with E-state index in [0.29, 0.717) is 22.6 Å². The first-order chi connectivity index (χ1) is 10.0. The Bertz CT molecular complexity index is 637. The summed E-state index contributed by atoms with van der Waals surface area (Å²) in [5, 5.41) is 0.308. The van der Waals surface area contributed by atoms with E-state index in [2.05, 4.69) is 5.43 Å². The minimum Gasteiger partial charge on any atom is -0.494 e. The number of benzene rings is 2. The number of hydrogen-bond donors (Lipinski definition) is 2. The van der Waals surface area contributed by atoms with E-state index in [1.165, 1.54) is 25.3 Å². The molecular weight excluding hydrogens is 298 g/mol. The number of halogens is 3. The quantitative estimate of drug-likeness (QED) is 0.657. The third kappa shape index (κ3) is 3.69. The lowest BCUT2D eigenvalue weighted by molar-refractivity contribution is 0.386. The van der Waals surface area contributed by atoms with Gasteiger partial charge < -0.3 is 4.74 Å². The number of hydrazine groups is 1. The maximum Gasteiger partial charge on any atom is 0.165 e. The number of ether oxygens (including phenoxy) is 1. The zero-order chi connectivity index (χ0) is 15.4. The van der Waals surface area contributed by atoms with Gasteiger partial charge in [0.05, 0.1) is 13.2 Å². The Balaban J connectivity index is 2.24. The van der Waals surface area contributed by atoms with Crippen molar-refractivity contribution in [2.75, 3.05) is 7.11 Å². The molecule has 0 amide bonds. The second-order valence-corrected chi connectivity index (χ2v) is 4.99. The molecule has 21 heavy (non-hydrogen) atoms. The lowest BCUT2D eigenvalue weighted by Gasteiger charge is -2.17. The van der Waals surface area contributed by atoms with E-state index in [0.717, 1.165) is 0 Å². The monoisotopic (exact) mass is 312 g/mol. The van der Waals surface area contributed by atoms with Gasteiger partial charge in [0.25, 0.3) is 0 Å². The fourth-order valence-corrected chi connectivity index (χ4v) is 2.27. The zero-order valence-corrected chi connectivity index (χ0v) is 12.1. The van der Waals surface area contributed by atoms with Crippen molar-refractivity contribution in [1.29, 1.82) is 0 Å². The third-order valence-corrected chi connectivity index (χ3v) is 3.43. The molecule has 2 rings (SSSR count). The second kappa shape index (κ2) is 6.85. The largest absolute Gasteiger partial charge is 0.494 e. The van der Waals surface area contributed by atoms with Crippen molar-refractivity contribution in [1.82, 2.24) is 5.43 Å². The van der Waals surface area contributed by atoms with Crippen molar-refractivity contribution in [3.8, 4) is 5.75 Å². The van der Waals surface area contributed by atoms with Crippen LogP contribution >= 0.6 is 11.6 Å². The molecule has 0 saturated carbocycles. The second-order valence-electron chi connectivity index (χ2n) is 4.56. The van der Waals surface area contributed by atoms with Crippen molar-refractivity contribution >= 4 is 11.6 Å². The molecule has 0 radical (unpaired) electrons. The molecule has 0 bridgehead atoms. The summed E-state index contributed by atoms with van der Waals surface area (Å²) in [6.45, 7) is 0. The van der Waals surface area contributed by atoms with Crippen LogP contribution in [0, 0.1) is 11.6 Å². The maximum absolute atomic E-state index is 13.9. The first kappa shape index (κ1) is 15.7. The molecule has 0 spiro atoms. The van der Waals surface area contributed by atoms with E-state index in [4.69, 9.17) is 22.2 Å². The summed E-state index contributed by atoms with van der Waals surface area (Å²) < 4.78 is 32.4. The van der Waals surface area contributed by atoms with Crippen LogP contribution in [0.4, 0.5) is 8.78 Å². The number of methoxy groups -OCH3 is 1. The third-order valence-electron chi connectivity index (χ3n) is 3.20. The first-order valence-electron chi connectivity index (χ1n) is 6.28. The highest BCUT2D eigenvalue weighted by molar-refractivity contribution is 6.30. The van der Waals surface area contributed by atoms with E-state index in [1.807, 2.05) is 0 Å². The standard InChI is InChI=1S/C15H15ClF2N2O/c1-21-15-5-2-9(6-13(15)18)7-14(20-19)11-4-3-10(16)8-12(11)17/h2-6,8,14,20H,7,19H2,1H3. The molecule has 0 aliphatic rings. The van der Waals surface area contributed by atoms with E-state index >= 15 is 0 Å². The molecule has 1 atom stereocenters. The van der Waals surface area contributed by atoms with Crippen LogP contribution in [0.5, 0.6) is 5.75 Å². The number of hydrogen-bond acceptors (Lipinski definition) is 3. The highest BCUT2D eigenvalue weighted by Crippen LogP contribution is 2.25. The number of nitrogens with one attached hydrogen (secondary N) is 1. The molecule has 2 aromatic carbocycles. The molecule has 0 fully saturated rings. The fraction of sp³-hybridized carbons (Fsp3) is 0.200. The normalized spacial score (nSPS) is 12.2. The average Bonchev–Trinajstić information content (AvgIpc) is 2.45. The van der Waals surface area contributed by atoms with Crippen molar-refractivity contribution in [2.24, 2.45) is 5.84 Å². The Morgan fingerprint density at radius 3 is 2.52 bits per heavy atom. The average molecular weight is 313 g/mol. The molecule has 1 unspecified atom stereocenters. The lowest BCUT2D eigenvalue weighted by Crippen LogP contribution is -2.30. The van der Waals surface area contributed by atoms with Gasteiger partial charge in [0, 0.05) is 10.6 Å². The van der Waals surface area contributed by atoms with Crippen LogP contribution < -0.4 is 16.0 Å². The SMILES string of the molecule is COc1ccc(CC(NN)c2ccc(Cl)cc2F)cc1F. The Morgan fingerprint density at radius 1 is 1.19 bits per heavy atom. The molecule has 112 valence electrons. The van der Waals surface area contributed by atoms with Crippen molar-refractivity contribution in [2.45, 2.75) is 12.5 Å². The lowest BCUT2D eigenvalue weighted by atomic mass is 9.99. The highest BCUT2D eigenvalue weighted by atomic mass is 35.5. The summed E-state index contributed by atoms with van der Waals surface area (Å²) in [5.74, 6) is 4.72. The van der Waals surface area contributed by atoms with Gasteiger partial charge >= 0.3 is 0 Å². The van der Waals surface area contributed by atoms with Crippen LogP contribution in [-0.4, -0.2) is 7.11 Å². The van der Waals surface area contributed by atoms with Gasteiger partial charge in [-0.15, -0.1) is 0 Å². The minimum absolute atomic E-state index is 0.161. The van der Waals surface area contributed by atoms with Crippen LogP contribution in [0.15, 0.2) is 36.4 Å². The fourth-order valence-electron chi connectivity index (χ4n) is 2.12. The van der Waals surface area contributed by atoms with Gasteiger partial charge in [0.15, 0.2) is 11.6 Å². The van der Waals surface area contributed by atoms with Crippen LogP contribution in [0.1, 0.15) is 17.2 Å². The van der Waals surface area contributed by atoms with Crippen LogP contribution in [0.3, 0.4) is 0 Å². The number of rotatable bonds is 5. The molecule has 0 aliphatic carbocycles. The van der Waals surface area contributed by atoms with Gasteiger partial charge in [-0.1, -0.05) is 23.7 Å². The van der Waals surface area contributed by atoms with Gasteiger partial charge in [0.1, 0.15) is 5.82 Å². The van der Waals surface area contributed by atoms with E-state index in [-0.39, 0.29) is 5.75 Å². The molecular formula is C15H15ClF2N2O. The molecule has 6 heteroatoms. The van der Waals surface area contributed by atoms with E-state index < -0.39 is 17.7 Å². The topological polar surface area (TPSA) is 47.3 Å². The van der Waals surface area contributed by atoms with Crippen molar-refractivity contribution < 1.29 is 13.5 Å². The first-order valence-corrected chi connectivity index (χ1v) is 6.66. The molecule has 2 aromatic rings. The van der Waals surface area contributed by atoms with E-state index in [1.54, 1.807) is 18.2 Å². The summed E-state index contributed by atoms with van der Waals surface area (Å²) in [6.07, 6.45) is 0.329. The van der Waals surface area contributed by atoms with Gasteiger partial charge in [-0.2, -0.15) is 0 Å². The summed E-state index contributed by atoms with van der Waals surface area (Å²) in [4.78, 5) is 0.